The number of nitrogens with zero attached hydrogens (tertiary/aromatic N) is 3. The zero-order valence-corrected chi connectivity index (χ0v) is 13.4. The van der Waals surface area contributed by atoms with Crippen molar-refractivity contribution in [2.75, 3.05) is 13.1 Å². The molecule has 1 aliphatic heterocycles. The minimum Gasteiger partial charge on any atom is -0.354 e. The van der Waals surface area contributed by atoms with E-state index in [1.54, 1.807) is 18.5 Å². The first kappa shape index (κ1) is 16.5. The molecule has 2 N–H and O–H groups in total. The Bertz CT molecular complexity index is 646. The van der Waals surface area contributed by atoms with Crippen LogP contribution >= 0.6 is 23.7 Å². The van der Waals surface area contributed by atoms with Gasteiger partial charge in [0.2, 0.25) is 5.91 Å². The molecular weight excluding hydrogens is 322 g/mol. The molecule has 0 fully saturated rings. The molecule has 1 unspecified atom stereocenters. The minimum absolute atomic E-state index is 0. The first-order valence-corrected chi connectivity index (χ1v) is 7.60. The Morgan fingerprint density at radius 2 is 2.23 bits per heavy atom. The van der Waals surface area contributed by atoms with Gasteiger partial charge in [0.15, 0.2) is 10.8 Å². The van der Waals surface area contributed by atoms with Gasteiger partial charge >= 0.3 is 0 Å². The highest BCUT2D eigenvalue weighted by Gasteiger charge is 2.16. The molecule has 6 nitrogen and oxygen atoms in total. The van der Waals surface area contributed by atoms with Gasteiger partial charge in [-0.25, -0.2) is 15.0 Å². The van der Waals surface area contributed by atoms with Crippen LogP contribution in [0.2, 0.25) is 0 Å². The van der Waals surface area contributed by atoms with Crippen molar-refractivity contribution in [2.24, 2.45) is 0 Å². The zero-order chi connectivity index (χ0) is 14.5. The van der Waals surface area contributed by atoms with E-state index in [2.05, 4.69) is 25.6 Å². The molecule has 0 saturated carbocycles. The summed E-state index contributed by atoms with van der Waals surface area (Å²) in [4.78, 5) is 24.6. The number of hydrogen-bond acceptors (Lipinski definition) is 6. The molecule has 0 aliphatic carbocycles. The average Bonchev–Trinajstić information content (AvgIpc) is 3.20. The number of thiazole rings is 1. The number of amides is 1. The van der Waals surface area contributed by atoms with Crippen molar-refractivity contribution in [2.45, 2.75) is 12.5 Å². The van der Waals surface area contributed by atoms with Crippen LogP contribution in [-0.2, 0) is 11.2 Å². The second-order valence-electron chi connectivity index (χ2n) is 4.57. The number of carbonyl (C=O) groups excluding carboxylic acids is 1. The number of nitrogens with one attached hydrogen (secondary N) is 2. The van der Waals surface area contributed by atoms with Crippen molar-refractivity contribution in [3.05, 3.63) is 41.7 Å². The van der Waals surface area contributed by atoms with Crippen molar-refractivity contribution in [1.82, 2.24) is 25.6 Å². The summed E-state index contributed by atoms with van der Waals surface area (Å²) >= 11 is 1.51. The lowest BCUT2D eigenvalue weighted by Crippen LogP contribution is -2.41. The van der Waals surface area contributed by atoms with Gasteiger partial charge in [-0.3, -0.25) is 10.1 Å². The van der Waals surface area contributed by atoms with Crippen LogP contribution in [-0.4, -0.2) is 40.0 Å². The molecule has 0 saturated heterocycles. The van der Waals surface area contributed by atoms with E-state index >= 15 is 0 Å². The molecule has 8 heteroatoms. The number of rotatable bonds is 5. The van der Waals surface area contributed by atoms with Crippen molar-refractivity contribution in [3.63, 3.8) is 0 Å². The third kappa shape index (κ3) is 4.09. The molecule has 2 aromatic rings. The summed E-state index contributed by atoms with van der Waals surface area (Å²) in [6.45, 7) is 1.33. The summed E-state index contributed by atoms with van der Waals surface area (Å²) in [5, 5.41) is 8.76. The van der Waals surface area contributed by atoms with Crippen molar-refractivity contribution in [3.8, 4) is 10.8 Å². The van der Waals surface area contributed by atoms with Crippen molar-refractivity contribution >= 4 is 29.7 Å². The standard InChI is InChI=1S/C14H15N5OS.ClH/c20-13(11-3-1-5-15-11)18-8-4-10-9-21-14(19-10)12-16-6-2-7-17-12;/h1-3,6-7,9,11,15H,4-5,8H2,(H,18,20);1H. The van der Waals surface area contributed by atoms with Crippen LogP contribution in [0.5, 0.6) is 0 Å². The number of aromatic nitrogens is 3. The van der Waals surface area contributed by atoms with Gasteiger partial charge in [0.25, 0.3) is 0 Å². The molecule has 3 rings (SSSR count). The molecule has 1 aliphatic rings. The van der Waals surface area contributed by atoms with Gasteiger partial charge in [0.05, 0.1) is 5.69 Å². The molecule has 0 bridgehead atoms. The second kappa shape index (κ2) is 7.98. The van der Waals surface area contributed by atoms with Crippen LogP contribution in [0.15, 0.2) is 36.0 Å². The lowest BCUT2D eigenvalue weighted by atomic mass is 10.3. The fraction of sp³-hybridized carbons (Fsp3) is 0.286. The summed E-state index contributed by atoms with van der Waals surface area (Å²) < 4.78 is 0. The molecule has 0 radical (unpaired) electrons. The Labute approximate surface area is 138 Å². The van der Waals surface area contributed by atoms with Crippen LogP contribution in [0, 0.1) is 0 Å². The van der Waals surface area contributed by atoms with Gasteiger partial charge in [0, 0.05) is 37.3 Å². The van der Waals surface area contributed by atoms with Crippen molar-refractivity contribution < 1.29 is 4.79 Å². The summed E-state index contributed by atoms with van der Waals surface area (Å²) in [6.07, 6.45) is 7.93. The van der Waals surface area contributed by atoms with E-state index in [-0.39, 0.29) is 24.4 Å². The predicted octanol–water partition coefficient (Wildman–Crippen LogP) is 1.21. The molecule has 1 atom stereocenters. The molecule has 2 aromatic heterocycles. The Morgan fingerprint density at radius 1 is 1.41 bits per heavy atom. The van der Waals surface area contributed by atoms with Gasteiger partial charge < -0.3 is 5.32 Å². The van der Waals surface area contributed by atoms with Gasteiger partial charge in [-0.1, -0.05) is 12.2 Å². The van der Waals surface area contributed by atoms with Crippen molar-refractivity contribution in [1.29, 1.82) is 0 Å². The Hall–Kier alpha value is -1.83. The van der Waals surface area contributed by atoms with E-state index in [0.717, 1.165) is 17.2 Å². The maximum absolute atomic E-state index is 11.8. The summed E-state index contributed by atoms with van der Waals surface area (Å²) in [5.41, 5.74) is 0.942. The third-order valence-corrected chi connectivity index (χ3v) is 3.94. The minimum atomic E-state index is -0.200. The SMILES string of the molecule is Cl.O=C(NCCc1csc(-c2ncccn2)n1)C1C=CCN1. The molecular formula is C14H16ClN5OS. The van der Waals surface area contributed by atoms with Crippen LogP contribution < -0.4 is 10.6 Å². The summed E-state index contributed by atoms with van der Waals surface area (Å²) in [6, 6.07) is 1.58. The first-order valence-electron chi connectivity index (χ1n) is 6.72. The van der Waals surface area contributed by atoms with Crippen LogP contribution in [0.1, 0.15) is 5.69 Å². The van der Waals surface area contributed by atoms with Crippen LogP contribution in [0.4, 0.5) is 0 Å². The molecule has 0 aromatic carbocycles. The van der Waals surface area contributed by atoms with E-state index in [0.29, 0.717) is 18.8 Å². The normalized spacial score (nSPS) is 16.3. The number of hydrogen-bond donors (Lipinski definition) is 2. The largest absolute Gasteiger partial charge is 0.354 e. The van der Waals surface area contributed by atoms with E-state index in [1.807, 2.05) is 17.5 Å². The van der Waals surface area contributed by atoms with E-state index in [1.165, 1.54) is 11.3 Å². The molecule has 3 heterocycles. The Balaban J connectivity index is 0.00000176. The fourth-order valence-corrected chi connectivity index (χ4v) is 2.80. The topological polar surface area (TPSA) is 79.8 Å². The summed E-state index contributed by atoms with van der Waals surface area (Å²) in [5.74, 6) is 0.642. The zero-order valence-electron chi connectivity index (χ0n) is 11.7. The highest BCUT2D eigenvalue weighted by Crippen LogP contribution is 2.19. The second-order valence-corrected chi connectivity index (χ2v) is 5.43. The van der Waals surface area contributed by atoms with Gasteiger partial charge in [-0.05, 0) is 6.07 Å². The van der Waals surface area contributed by atoms with Gasteiger partial charge in [-0.2, -0.15) is 0 Å². The highest BCUT2D eigenvalue weighted by molar-refractivity contribution is 7.13. The highest BCUT2D eigenvalue weighted by atomic mass is 35.5. The number of halogens is 1. The smallest absolute Gasteiger partial charge is 0.241 e. The third-order valence-electron chi connectivity index (χ3n) is 3.06. The summed E-state index contributed by atoms with van der Waals surface area (Å²) in [7, 11) is 0. The molecule has 116 valence electrons. The van der Waals surface area contributed by atoms with E-state index in [9.17, 15) is 4.79 Å². The molecule has 1 amide bonds. The molecule has 22 heavy (non-hydrogen) atoms. The maximum Gasteiger partial charge on any atom is 0.241 e. The first-order chi connectivity index (χ1) is 10.3. The average molecular weight is 338 g/mol. The lowest BCUT2D eigenvalue weighted by Gasteiger charge is -2.09. The Kier molecular flexibility index (Phi) is 6.00. The lowest BCUT2D eigenvalue weighted by molar-refractivity contribution is -0.121. The van der Waals surface area contributed by atoms with Crippen LogP contribution in [0.3, 0.4) is 0 Å². The molecule has 0 spiro atoms. The monoisotopic (exact) mass is 337 g/mol. The van der Waals surface area contributed by atoms with E-state index < -0.39 is 0 Å². The van der Waals surface area contributed by atoms with Gasteiger partial charge in [-0.15, -0.1) is 23.7 Å². The van der Waals surface area contributed by atoms with Crippen LogP contribution in [0.25, 0.3) is 10.8 Å². The predicted molar refractivity (Wildman–Crippen MR) is 88.0 cm³/mol. The number of carbonyl (C=O) groups is 1. The van der Waals surface area contributed by atoms with Gasteiger partial charge in [0.1, 0.15) is 6.04 Å². The fourth-order valence-electron chi connectivity index (χ4n) is 2.01. The van der Waals surface area contributed by atoms with E-state index in [4.69, 9.17) is 0 Å². The maximum atomic E-state index is 11.8. The quantitative estimate of drug-likeness (QED) is 0.802. The Morgan fingerprint density at radius 3 is 2.95 bits per heavy atom.